The molecule has 1 N–H and O–H groups in total. The molecular weight excluding hydrogens is 132 g/mol. The van der Waals surface area contributed by atoms with Gasteiger partial charge in [0.15, 0.2) is 0 Å². The van der Waals surface area contributed by atoms with E-state index >= 15 is 0 Å². The average molecular weight is 146 g/mol. The van der Waals surface area contributed by atoms with Crippen molar-refractivity contribution in [2.45, 2.75) is 26.1 Å². The maximum absolute atomic E-state index is 8.36. The van der Waals surface area contributed by atoms with Gasteiger partial charge in [-0.2, -0.15) is 0 Å². The molecule has 0 fully saturated rings. The largest absolute Gasteiger partial charge is 0.379 e. The minimum absolute atomic E-state index is 0.164. The predicted molar refractivity (Wildman–Crippen MR) is 38.8 cm³/mol. The third kappa shape index (κ3) is 2.47. The van der Waals surface area contributed by atoms with E-state index in [1.807, 2.05) is 0 Å². The topological polar surface area (TPSA) is 38.7 Å². The first-order valence-corrected chi connectivity index (χ1v) is 3.12. The van der Waals surface area contributed by atoms with Crippen LogP contribution in [0.1, 0.15) is 13.8 Å². The van der Waals surface area contributed by atoms with E-state index in [1.54, 1.807) is 21.0 Å². The molecule has 0 saturated heterocycles. The number of ether oxygens (including phenoxy) is 1. The Labute approximate surface area is 61.2 Å². The number of methoxy groups -OCH3 is 1. The SMILES string of the molecule is C=C(C)[C@H](OO)[C@H](C)OC. The maximum Gasteiger partial charge on any atom is 0.139 e. The molecule has 3 nitrogen and oxygen atoms in total. The van der Waals surface area contributed by atoms with Gasteiger partial charge in [0.1, 0.15) is 6.10 Å². The minimum Gasteiger partial charge on any atom is -0.379 e. The molecule has 60 valence electrons. The van der Waals surface area contributed by atoms with Gasteiger partial charge in [-0.3, -0.25) is 5.26 Å². The molecule has 0 amide bonds. The van der Waals surface area contributed by atoms with Crippen LogP contribution >= 0.6 is 0 Å². The van der Waals surface area contributed by atoms with Crippen LogP contribution in [0, 0.1) is 0 Å². The number of hydrogen-bond acceptors (Lipinski definition) is 3. The van der Waals surface area contributed by atoms with E-state index in [0.717, 1.165) is 5.57 Å². The summed E-state index contributed by atoms with van der Waals surface area (Å²) in [7, 11) is 1.56. The van der Waals surface area contributed by atoms with Gasteiger partial charge in [0.25, 0.3) is 0 Å². The lowest BCUT2D eigenvalue weighted by Crippen LogP contribution is -2.27. The molecule has 0 heterocycles. The van der Waals surface area contributed by atoms with Crippen molar-refractivity contribution in [3.05, 3.63) is 12.2 Å². The summed E-state index contributed by atoms with van der Waals surface area (Å²) in [6.45, 7) is 7.21. The highest BCUT2D eigenvalue weighted by atomic mass is 17.1. The lowest BCUT2D eigenvalue weighted by molar-refractivity contribution is -0.286. The van der Waals surface area contributed by atoms with Gasteiger partial charge in [0, 0.05) is 7.11 Å². The minimum atomic E-state index is -0.426. The first-order chi connectivity index (χ1) is 4.63. The van der Waals surface area contributed by atoms with Crippen molar-refractivity contribution in [2.75, 3.05) is 7.11 Å². The normalized spacial score (nSPS) is 16.4. The van der Waals surface area contributed by atoms with E-state index in [2.05, 4.69) is 11.5 Å². The van der Waals surface area contributed by atoms with Crippen molar-refractivity contribution < 1.29 is 14.9 Å². The van der Waals surface area contributed by atoms with E-state index in [-0.39, 0.29) is 6.10 Å². The Bertz CT molecular complexity index is 111. The third-order valence-corrected chi connectivity index (χ3v) is 1.40. The second kappa shape index (κ2) is 4.44. The zero-order chi connectivity index (χ0) is 8.15. The Morgan fingerprint density at radius 1 is 1.60 bits per heavy atom. The third-order valence-electron chi connectivity index (χ3n) is 1.40. The quantitative estimate of drug-likeness (QED) is 0.370. The zero-order valence-corrected chi connectivity index (χ0v) is 6.63. The molecule has 3 heteroatoms. The summed E-state index contributed by atoms with van der Waals surface area (Å²) < 4.78 is 4.92. The summed E-state index contributed by atoms with van der Waals surface area (Å²) in [6.07, 6.45) is -0.590. The van der Waals surface area contributed by atoms with Crippen LogP contribution < -0.4 is 0 Å². The fourth-order valence-corrected chi connectivity index (χ4v) is 0.700. The molecule has 0 unspecified atom stereocenters. The van der Waals surface area contributed by atoms with Crippen LogP contribution in [0.2, 0.25) is 0 Å². The fraction of sp³-hybridized carbons (Fsp3) is 0.714. The summed E-state index contributed by atoms with van der Waals surface area (Å²) in [6, 6.07) is 0. The Balaban J connectivity index is 3.92. The lowest BCUT2D eigenvalue weighted by Gasteiger charge is -2.18. The molecule has 0 rings (SSSR count). The van der Waals surface area contributed by atoms with E-state index in [9.17, 15) is 0 Å². The summed E-state index contributed by atoms with van der Waals surface area (Å²) >= 11 is 0. The number of rotatable bonds is 4. The van der Waals surface area contributed by atoms with Gasteiger partial charge in [-0.15, -0.1) is 0 Å². The van der Waals surface area contributed by atoms with Crippen molar-refractivity contribution >= 4 is 0 Å². The van der Waals surface area contributed by atoms with E-state index in [4.69, 9.17) is 9.99 Å². The monoisotopic (exact) mass is 146 g/mol. The smallest absolute Gasteiger partial charge is 0.139 e. The highest BCUT2D eigenvalue weighted by molar-refractivity contribution is 5.00. The average Bonchev–Trinajstić information content (AvgIpc) is 1.88. The van der Waals surface area contributed by atoms with Crippen molar-refractivity contribution in [3.8, 4) is 0 Å². The van der Waals surface area contributed by atoms with Gasteiger partial charge in [-0.05, 0) is 19.4 Å². The van der Waals surface area contributed by atoms with E-state index < -0.39 is 6.10 Å². The van der Waals surface area contributed by atoms with Crippen LogP contribution in [0.15, 0.2) is 12.2 Å². The highest BCUT2D eigenvalue weighted by Gasteiger charge is 2.17. The maximum atomic E-state index is 8.36. The molecule has 10 heavy (non-hydrogen) atoms. The van der Waals surface area contributed by atoms with E-state index in [1.165, 1.54) is 0 Å². The van der Waals surface area contributed by atoms with Crippen molar-refractivity contribution in [3.63, 3.8) is 0 Å². The standard InChI is InChI=1S/C7H14O3/c1-5(2)7(10-8)6(3)9-4/h6-8H,1H2,2-4H3/t6-,7-/m0/s1. The molecule has 0 aliphatic carbocycles. The second-order valence-electron chi connectivity index (χ2n) is 2.31. The van der Waals surface area contributed by atoms with Crippen LogP contribution in [-0.2, 0) is 9.62 Å². The molecule has 0 aliphatic heterocycles. The molecule has 0 aromatic heterocycles. The Morgan fingerprint density at radius 3 is 2.20 bits per heavy atom. The van der Waals surface area contributed by atoms with Crippen LogP contribution in [0.4, 0.5) is 0 Å². The Hall–Kier alpha value is -0.380. The van der Waals surface area contributed by atoms with Crippen LogP contribution in [-0.4, -0.2) is 24.6 Å². The molecular formula is C7H14O3. The van der Waals surface area contributed by atoms with Gasteiger partial charge in [0.05, 0.1) is 6.10 Å². The lowest BCUT2D eigenvalue weighted by atomic mass is 10.1. The zero-order valence-electron chi connectivity index (χ0n) is 6.63. The summed E-state index contributed by atoms with van der Waals surface area (Å²) in [5.41, 5.74) is 0.747. The first kappa shape index (κ1) is 9.62. The molecule has 0 radical (unpaired) electrons. The van der Waals surface area contributed by atoms with Gasteiger partial charge in [0.2, 0.25) is 0 Å². The molecule has 0 spiro atoms. The summed E-state index contributed by atoms with van der Waals surface area (Å²) in [5.74, 6) is 0. The van der Waals surface area contributed by atoms with Gasteiger partial charge in [-0.1, -0.05) is 6.58 Å². The molecule has 0 aliphatic rings. The van der Waals surface area contributed by atoms with Crippen LogP contribution in [0.25, 0.3) is 0 Å². The van der Waals surface area contributed by atoms with Crippen LogP contribution in [0.3, 0.4) is 0 Å². The van der Waals surface area contributed by atoms with Crippen LogP contribution in [0.5, 0.6) is 0 Å². The molecule has 0 saturated carbocycles. The van der Waals surface area contributed by atoms with Crippen molar-refractivity contribution in [2.24, 2.45) is 0 Å². The van der Waals surface area contributed by atoms with Crippen molar-refractivity contribution in [1.29, 1.82) is 0 Å². The molecule has 0 bridgehead atoms. The number of hydrogen-bond donors (Lipinski definition) is 1. The first-order valence-electron chi connectivity index (χ1n) is 3.12. The van der Waals surface area contributed by atoms with Gasteiger partial charge < -0.3 is 4.74 Å². The van der Waals surface area contributed by atoms with Gasteiger partial charge >= 0.3 is 0 Å². The second-order valence-corrected chi connectivity index (χ2v) is 2.31. The Morgan fingerprint density at radius 2 is 2.10 bits per heavy atom. The highest BCUT2D eigenvalue weighted by Crippen LogP contribution is 2.09. The molecule has 0 aromatic carbocycles. The summed E-state index contributed by atoms with van der Waals surface area (Å²) in [5, 5.41) is 8.36. The fourth-order valence-electron chi connectivity index (χ4n) is 0.700. The van der Waals surface area contributed by atoms with Gasteiger partial charge in [-0.25, -0.2) is 4.89 Å². The Kier molecular flexibility index (Phi) is 4.27. The molecule has 0 aromatic rings. The predicted octanol–water partition coefficient (Wildman–Crippen LogP) is 1.46. The molecule has 2 atom stereocenters. The van der Waals surface area contributed by atoms with E-state index in [0.29, 0.717) is 0 Å². The van der Waals surface area contributed by atoms with Crippen molar-refractivity contribution in [1.82, 2.24) is 0 Å². The summed E-state index contributed by atoms with van der Waals surface area (Å²) in [4.78, 5) is 4.14.